The molecule has 0 atom stereocenters. The third-order valence-electron chi connectivity index (χ3n) is 2.30. The average Bonchev–Trinajstić information content (AvgIpc) is 2.22. The fourth-order valence-electron chi connectivity index (χ4n) is 1.54. The van der Waals surface area contributed by atoms with Crippen LogP contribution in [0.1, 0.15) is 11.1 Å². The molecular weight excluding hydrogens is 186 g/mol. The van der Waals surface area contributed by atoms with Gasteiger partial charge in [-0.25, -0.2) is 0 Å². The minimum atomic E-state index is 0.308. The van der Waals surface area contributed by atoms with Crippen LogP contribution in [0.4, 0.5) is 5.69 Å². The molecule has 0 aliphatic rings. The third-order valence-corrected chi connectivity index (χ3v) is 2.30. The molecule has 0 fully saturated rings. The number of aromatic hydroxyl groups is 1. The number of phenols is 1. The summed E-state index contributed by atoms with van der Waals surface area (Å²) in [5, 5.41) is 9.32. The molecule has 0 amide bonds. The highest BCUT2D eigenvalue weighted by molar-refractivity contribution is 5.41. The molecular formula is C13H13NO. The van der Waals surface area contributed by atoms with E-state index >= 15 is 0 Å². The van der Waals surface area contributed by atoms with Crippen LogP contribution in [0.25, 0.3) is 0 Å². The second-order valence-corrected chi connectivity index (χ2v) is 3.59. The van der Waals surface area contributed by atoms with Crippen molar-refractivity contribution in [2.45, 2.75) is 6.42 Å². The van der Waals surface area contributed by atoms with Crippen molar-refractivity contribution in [3.63, 3.8) is 0 Å². The zero-order valence-electron chi connectivity index (χ0n) is 8.35. The van der Waals surface area contributed by atoms with E-state index in [1.54, 1.807) is 12.1 Å². The fraction of sp³-hybridized carbons (Fsp3) is 0.0769. The first-order valence-electron chi connectivity index (χ1n) is 4.86. The lowest BCUT2D eigenvalue weighted by molar-refractivity contribution is 0.474. The van der Waals surface area contributed by atoms with Gasteiger partial charge in [0.2, 0.25) is 0 Å². The van der Waals surface area contributed by atoms with E-state index in [1.807, 2.05) is 36.4 Å². The summed E-state index contributed by atoms with van der Waals surface area (Å²) < 4.78 is 0. The molecule has 76 valence electrons. The SMILES string of the molecule is Nc1ccc(Cc2cccc(O)c2)cc1. The van der Waals surface area contributed by atoms with Crippen LogP contribution >= 0.6 is 0 Å². The zero-order valence-corrected chi connectivity index (χ0v) is 8.35. The summed E-state index contributed by atoms with van der Waals surface area (Å²) in [6, 6.07) is 15.1. The van der Waals surface area contributed by atoms with Gasteiger partial charge < -0.3 is 10.8 Å². The Morgan fingerprint density at radius 2 is 1.67 bits per heavy atom. The molecule has 2 aromatic carbocycles. The molecule has 15 heavy (non-hydrogen) atoms. The molecule has 3 N–H and O–H groups in total. The van der Waals surface area contributed by atoms with Crippen LogP contribution < -0.4 is 5.73 Å². The third kappa shape index (κ3) is 2.50. The van der Waals surface area contributed by atoms with Crippen LogP contribution in [0.15, 0.2) is 48.5 Å². The predicted molar refractivity (Wildman–Crippen MR) is 61.8 cm³/mol. The lowest BCUT2D eigenvalue weighted by Crippen LogP contribution is -1.89. The number of anilines is 1. The summed E-state index contributed by atoms with van der Waals surface area (Å²) in [5.41, 5.74) is 8.66. The minimum absolute atomic E-state index is 0.308. The molecule has 0 heterocycles. The normalized spacial score (nSPS) is 10.1. The van der Waals surface area contributed by atoms with E-state index < -0.39 is 0 Å². The Kier molecular flexibility index (Phi) is 2.59. The van der Waals surface area contributed by atoms with Gasteiger partial charge in [0, 0.05) is 5.69 Å². The molecule has 0 saturated heterocycles. The maximum atomic E-state index is 9.32. The van der Waals surface area contributed by atoms with E-state index in [-0.39, 0.29) is 0 Å². The van der Waals surface area contributed by atoms with Gasteiger partial charge in [0.05, 0.1) is 0 Å². The number of phenolic OH excluding ortho intramolecular Hbond substituents is 1. The molecule has 0 bridgehead atoms. The van der Waals surface area contributed by atoms with Gasteiger partial charge in [-0.1, -0.05) is 24.3 Å². The van der Waals surface area contributed by atoms with E-state index in [2.05, 4.69) is 0 Å². The van der Waals surface area contributed by atoms with Crippen molar-refractivity contribution in [3.05, 3.63) is 59.7 Å². The highest BCUT2D eigenvalue weighted by Gasteiger charge is 1.97. The van der Waals surface area contributed by atoms with Crippen molar-refractivity contribution in [2.75, 3.05) is 5.73 Å². The Bertz CT molecular complexity index is 448. The van der Waals surface area contributed by atoms with Crippen LogP contribution in [0.2, 0.25) is 0 Å². The largest absolute Gasteiger partial charge is 0.508 e. The Morgan fingerprint density at radius 1 is 0.933 bits per heavy atom. The summed E-state index contributed by atoms with van der Waals surface area (Å²) in [6.07, 6.45) is 0.814. The standard InChI is InChI=1S/C13H13NO/c14-12-6-4-10(5-7-12)8-11-2-1-3-13(15)9-11/h1-7,9,15H,8,14H2. The smallest absolute Gasteiger partial charge is 0.115 e. The number of rotatable bonds is 2. The Hall–Kier alpha value is -1.96. The van der Waals surface area contributed by atoms with Crippen molar-refractivity contribution in [3.8, 4) is 5.75 Å². The lowest BCUT2D eigenvalue weighted by Gasteiger charge is -2.02. The number of benzene rings is 2. The van der Waals surface area contributed by atoms with Crippen molar-refractivity contribution >= 4 is 5.69 Å². The van der Waals surface area contributed by atoms with E-state index in [0.717, 1.165) is 17.7 Å². The molecule has 2 aromatic rings. The summed E-state index contributed by atoms with van der Waals surface area (Å²) in [6.45, 7) is 0. The number of nitrogen functional groups attached to an aromatic ring is 1. The van der Waals surface area contributed by atoms with Crippen LogP contribution in [0, 0.1) is 0 Å². The maximum absolute atomic E-state index is 9.32. The highest BCUT2D eigenvalue weighted by Crippen LogP contribution is 2.15. The van der Waals surface area contributed by atoms with Crippen LogP contribution in [-0.2, 0) is 6.42 Å². The van der Waals surface area contributed by atoms with Gasteiger partial charge in [-0.2, -0.15) is 0 Å². The molecule has 2 nitrogen and oxygen atoms in total. The van der Waals surface area contributed by atoms with Crippen molar-refractivity contribution in [2.24, 2.45) is 0 Å². The number of hydrogen-bond acceptors (Lipinski definition) is 2. The van der Waals surface area contributed by atoms with Crippen LogP contribution in [0.3, 0.4) is 0 Å². The molecule has 0 spiro atoms. The molecule has 0 aromatic heterocycles. The van der Waals surface area contributed by atoms with Gasteiger partial charge in [0.25, 0.3) is 0 Å². The molecule has 0 unspecified atom stereocenters. The van der Waals surface area contributed by atoms with E-state index in [0.29, 0.717) is 5.75 Å². The molecule has 0 aliphatic carbocycles. The first kappa shape index (κ1) is 9.59. The van der Waals surface area contributed by atoms with Crippen LogP contribution in [-0.4, -0.2) is 5.11 Å². The molecule has 0 saturated carbocycles. The molecule has 0 aliphatic heterocycles. The zero-order chi connectivity index (χ0) is 10.7. The maximum Gasteiger partial charge on any atom is 0.115 e. The van der Waals surface area contributed by atoms with Gasteiger partial charge in [0.15, 0.2) is 0 Å². The quantitative estimate of drug-likeness (QED) is 0.730. The second kappa shape index (κ2) is 4.05. The Morgan fingerprint density at radius 3 is 2.33 bits per heavy atom. The van der Waals surface area contributed by atoms with Gasteiger partial charge in [-0.3, -0.25) is 0 Å². The van der Waals surface area contributed by atoms with Crippen molar-refractivity contribution < 1.29 is 5.11 Å². The summed E-state index contributed by atoms with van der Waals surface area (Å²) in [7, 11) is 0. The van der Waals surface area contributed by atoms with Gasteiger partial charge in [0.1, 0.15) is 5.75 Å². The first-order valence-corrected chi connectivity index (χ1v) is 4.86. The molecule has 2 rings (SSSR count). The number of hydrogen-bond donors (Lipinski definition) is 2. The summed E-state index contributed by atoms with van der Waals surface area (Å²) in [4.78, 5) is 0. The Balaban J connectivity index is 2.18. The topological polar surface area (TPSA) is 46.2 Å². The first-order chi connectivity index (χ1) is 7.24. The highest BCUT2D eigenvalue weighted by atomic mass is 16.3. The summed E-state index contributed by atoms with van der Waals surface area (Å²) in [5.74, 6) is 0.308. The van der Waals surface area contributed by atoms with E-state index in [9.17, 15) is 5.11 Å². The monoisotopic (exact) mass is 199 g/mol. The van der Waals surface area contributed by atoms with Gasteiger partial charge >= 0.3 is 0 Å². The van der Waals surface area contributed by atoms with E-state index in [4.69, 9.17) is 5.73 Å². The lowest BCUT2D eigenvalue weighted by atomic mass is 10.0. The fourth-order valence-corrected chi connectivity index (χ4v) is 1.54. The van der Waals surface area contributed by atoms with Gasteiger partial charge in [-0.15, -0.1) is 0 Å². The van der Waals surface area contributed by atoms with Crippen molar-refractivity contribution in [1.29, 1.82) is 0 Å². The predicted octanol–water partition coefficient (Wildman–Crippen LogP) is 2.57. The van der Waals surface area contributed by atoms with E-state index in [1.165, 1.54) is 5.56 Å². The average molecular weight is 199 g/mol. The number of nitrogens with two attached hydrogens (primary N) is 1. The summed E-state index contributed by atoms with van der Waals surface area (Å²) >= 11 is 0. The minimum Gasteiger partial charge on any atom is -0.508 e. The van der Waals surface area contributed by atoms with Crippen molar-refractivity contribution in [1.82, 2.24) is 0 Å². The molecule has 2 heteroatoms. The Labute approximate surface area is 89.0 Å². The van der Waals surface area contributed by atoms with Crippen LogP contribution in [0.5, 0.6) is 5.75 Å². The molecule has 0 radical (unpaired) electrons. The van der Waals surface area contributed by atoms with Gasteiger partial charge in [-0.05, 0) is 41.8 Å². The second-order valence-electron chi connectivity index (χ2n) is 3.59.